The van der Waals surface area contributed by atoms with Gasteiger partial charge < -0.3 is 14.8 Å². The average molecular weight is 355 g/mol. The van der Waals surface area contributed by atoms with Gasteiger partial charge in [0.2, 0.25) is 0 Å². The van der Waals surface area contributed by atoms with E-state index >= 15 is 0 Å². The van der Waals surface area contributed by atoms with E-state index in [4.69, 9.17) is 0 Å². The quantitative estimate of drug-likeness (QED) is 0.896. The molecule has 2 heterocycles. The lowest BCUT2D eigenvalue weighted by molar-refractivity contribution is 0.144. The molecule has 0 spiro atoms. The number of rotatable bonds is 5. The lowest BCUT2D eigenvalue weighted by atomic mass is 10.2. The van der Waals surface area contributed by atoms with Crippen LogP contribution in [0.4, 0.5) is 10.5 Å². The molecule has 0 saturated carbocycles. The summed E-state index contributed by atoms with van der Waals surface area (Å²) in [6.45, 7) is 11.7. The molecule has 6 heteroatoms. The number of urea groups is 1. The Morgan fingerprint density at radius 1 is 1.19 bits per heavy atom. The number of nitrogens with one attached hydrogen (secondary N) is 1. The van der Waals surface area contributed by atoms with E-state index in [2.05, 4.69) is 39.8 Å². The van der Waals surface area contributed by atoms with E-state index in [1.54, 1.807) is 0 Å². The zero-order chi connectivity index (χ0) is 18.5. The number of aromatic nitrogens is 2. The first-order valence-electron chi connectivity index (χ1n) is 9.39. The van der Waals surface area contributed by atoms with E-state index in [0.29, 0.717) is 5.92 Å². The van der Waals surface area contributed by atoms with E-state index in [9.17, 15) is 4.79 Å². The maximum absolute atomic E-state index is 12.4. The van der Waals surface area contributed by atoms with Gasteiger partial charge in [0.1, 0.15) is 5.82 Å². The fraction of sp³-hybridized carbons (Fsp3) is 0.500. The Balaban J connectivity index is 1.45. The van der Waals surface area contributed by atoms with Crippen LogP contribution in [0.5, 0.6) is 0 Å². The summed E-state index contributed by atoms with van der Waals surface area (Å²) in [5.74, 6) is 1.58. The number of anilines is 1. The Bertz CT molecular complexity index is 731. The first-order valence-corrected chi connectivity index (χ1v) is 9.39. The minimum Gasteiger partial charge on any atom is -0.333 e. The Hall–Kier alpha value is -2.34. The summed E-state index contributed by atoms with van der Waals surface area (Å²) in [5.41, 5.74) is 2.01. The van der Waals surface area contributed by atoms with Crippen molar-refractivity contribution in [1.29, 1.82) is 0 Å². The van der Waals surface area contributed by atoms with Crippen molar-refractivity contribution in [2.24, 2.45) is 0 Å². The number of benzene rings is 1. The van der Waals surface area contributed by atoms with E-state index in [-0.39, 0.29) is 6.03 Å². The van der Waals surface area contributed by atoms with Crippen molar-refractivity contribution in [2.75, 3.05) is 38.0 Å². The summed E-state index contributed by atoms with van der Waals surface area (Å²) in [6, 6.07) is 7.90. The van der Waals surface area contributed by atoms with E-state index in [0.717, 1.165) is 56.3 Å². The van der Waals surface area contributed by atoms with Gasteiger partial charge in [0.05, 0.1) is 0 Å². The number of hydrogen-bond acceptors (Lipinski definition) is 3. The highest BCUT2D eigenvalue weighted by atomic mass is 16.2. The van der Waals surface area contributed by atoms with Crippen LogP contribution in [-0.4, -0.2) is 58.1 Å². The van der Waals surface area contributed by atoms with Crippen LogP contribution >= 0.6 is 0 Å². The fourth-order valence-electron chi connectivity index (χ4n) is 3.36. The number of hydrogen-bond donors (Lipinski definition) is 1. The molecule has 1 aromatic carbocycles. The van der Waals surface area contributed by atoms with Crippen LogP contribution in [0.15, 0.2) is 36.7 Å². The highest BCUT2D eigenvalue weighted by molar-refractivity contribution is 5.89. The Kier molecular flexibility index (Phi) is 5.93. The highest BCUT2D eigenvalue weighted by Crippen LogP contribution is 2.13. The number of carbonyl (C=O) groups excluding carboxylic acids is 1. The third kappa shape index (κ3) is 4.64. The van der Waals surface area contributed by atoms with Crippen LogP contribution in [0.1, 0.15) is 31.2 Å². The Morgan fingerprint density at radius 2 is 1.96 bits per heavy atom. The van der Waals surface area contributed by atoms with Gasteiger partial charge >= 0.3 is 6.03 Å². The molecule has 0 radical (unpaired) electrons. The van der Waals surface area contributed by atoms with Crippen molar-refractivity contribution in [2.45, 2.75) is 33.2 Å². The van der Waals surface area contributed by atoms with Crippen molar-refractivity contribution in [3.8, 4) is 0 Å². The van der Waals surface area contributed by atoms with Gasteiger partial charge in [0, 0.05) is 63.3 Å². The van der Waals surface area contributed by atoms with Gasteiger partial charge in [-0.3, -0.25) is 4.90 Å². The van der Waals surface area contributed by atoms with Gasteiger partial charge in [-0.2, -0.15) is 0 Å². The van der Waals surface area contributed by atoms with Crippen molar-refractivity contribution >= 4 is 11.7 Å². The molecule has 1 fully saturated rings. The van der Waals surface area contributed by atoms with Crippen molar-refractivity contribution in [3.63, 3.8) is 0 Å². The number of nitrogens with zero attached hydrogens (tertiary/aromatic N) is 4. The van der Waals surface area contributed by atoms with Crippen molar-refractivity contribution in [1.82, 2.24) is 19.4 Å². The minimum atomic E-state index is -0.00745. The zero-order valence-electron chi connectivity index (χ0n) is 16.0. The number of aryl methyl sites for hydroxylation is 1. The Morgan fingerprint density at radius 3 is 2.65 bits per heavy atom. The largest absolute Gasteiger partial charge is 0.333 e. The van der Waals surface area contributed by atoms with Crippen LogP contribution in [0.3, 0.4) is 0 Å². The number of imidazole rings is 1. The summed E-state index contributed by atoms with van der Waals surface area (Å²) < 4.78 is 2.24. The van der Waals surface area contributed by atoms with Crippen LogP contribution in [-0.2, 0) is 6.54 Å². The molecule has 0 aliphatic carbocycles. The molecule has 3 rings (SSSR count). The molecule has 0 unspecified atom stereocenters. The number of amides is 2. The van der Waals surface area contributed by atoms with Crippen LogP contribution in [0.25, 0.3) is 0 Å². The van der Waals surface area contributed by atoms with Gasteiger partial charge in [0.15, 0.2) is 0 Å². The molecule has 6 nitrogen and oxygen atoms in total. The molecule has 0 bridgehead atoms. The van der Waals surface area contributed by atoms with Gasteiger partial charge in [-0.05, 0) is 24.6 Å². The smallest absolute Gasteiger partial charge is 0.321 e. The van der Waals surface area contributed by atoms with E-state index in [1.807, 2.05) is 42.3 Å². The monoisotopic (exact) mass is 355 g/mol. The molecule has 1 aliphatic rings. The maximum Gasteiger partial charge on any atom is 0.321 e. The third-order valence-corrected chi connectivity index (χ3v) is 4.85. The molecule has 0 atom stereocenters. The SMILES string of the molecule is Cc1cccc(NC(=O)N2CCN(CCn3ccnc3C(C)C)CC2)c1. The molecular formula is C20H29N5O. The minimum absolute atomic E-state index is 0.00745. The molecule has 1 saturated heterocycles. The highest BCUT2D eigenvalue weighted by Gasteiger charge is 2.21. The van der Waals surface area contributed by atoms with Crippen molar-refractivity contribution in [3.05, 3.63) is 48.0 Å². The van der Waals surface area contributed by atoms with Gasteiger partial charge in [-0.15, -0.1) is 0 Å². The lowest BCUT2D eigenvalue weighted by Gasteiger charge is -2.34. The van der Waals surface area contributed by atoms with Crippen LogP contribution in [0, 0.1) is 6.92 Å². The average Bonchev–Trinajstić information content (AvgIpc) is 3.09. The molecule has 1 N–H and O–H groups in total. The maximum atomic E-state index is 12.4. The standard InChI is InChI=1S/C20H29N5O/c1-16(2)19-21-7-8-24(19)12-9-23-10-13-25(14-11-23)20(26)22-18-6-4-5-17(3)15-18/h4-8,15-16H,9-14H2,1-3H3,(H,22,26). The molecule has 140 valence electrons. The first-order chi connectivity index (χ1) is 12.5. The van der Waals surface area contributed by atoms with Crippen LogP contribution < -0.4 is 5.32 Å². The molecular weight excluding hydrogens is 326 g/mol. The Labute approximate surface area is 155 Å². The summed E-state index contributed by atoms with van der Waals surface area (Å²) in [4.78, 5) is 21.2. The first kappa shape index (κ1) is 18.5. The van der Waals surface area contributed by atoms with E-state index < -0.39 is 0 Å². The second kappa shape index (κ2) is 8.36. The fourth-order valence-corrected chi connectivity index (χ4v) is 3.36. The summed E-state index contributed by atoms with van der Waals surface area (Å²) in [5, 5.41) is 3.00. The van der Waals surface area contributed by atoms with E-state index in [1.165, 1.54) is 0 Å². The van der Waals surface area contributed by atoms with Gasteiger partial charge in [-0.25, -0.2) is 9.78 Å². The summed E-state index contributed by atoms with van der Waals surface area (Å²) in [7, 11) is 0. The predicted octanol–water partition coefficient (Wildman–Crippen LogP) is 3.16. The predicted molar refractivity (Wildman–Crippen MR) is 105 cm³/mol. The second-order valence-electron chi connectivity index (χ2n) is 7.26. The third-order valence-electron chi connectivity index (χ3n) is 4.85. The van der Waals surface area contributed by atoms with Gasteiger partial charge in [0.25, 0.3) is 0 Å². The molecule has 26 heavy (non-hydrogen) atoms. The molecule has 1 aliphatic heterocycles. The molecule has 2 amide bonds. The topological polar surface area (TPSA) is 53.4 Å². The lowest BCUT2D eigenvalue weighted by Crippen LogP contribution is -2.50. The number of carbonyl (C=O) groups is 1. The molecule has 2 aromatic rings. The van der Waals surface area contributed by atoms with Crippen molar-refractivity contribution < 1.29 is 4.79 Å². The molecule has 1 aromatic heterocycles. The van der Waals surface area contributed by atoms with Crippen LogP contribution in [0.2, 0.25) is 0 Å². The van der Waals surface area contributed by atoms with Gasteiger partial charge in [-0.1, -0.05) is 26.0 Å². The summed E-state index contributed by atoms with van der Waals surface area (Å²) >= 11 is 0. The normalized spacial score (nSPS) is 15.5. The summed E-state index contributed by atoms with van der Waals surface area (Å²) in [6.07, 6.45) is 3.93. The number of piperazine rings is 1. The zero-order valence-corrected chi connectivity index (χ0v) is 16.0. The second-order valence-corrected chi connectivity index (χ2v) is 7.26.